The van der Waals surface area contributed by atoms with Crippen molar-refractivity contribution in [2.45, 2.75) is 66.3 Å². The number of fused-ring (bicyclic) bond motifs is 1. The summed E-state index contributed by atoms with van der Waals surface area (Å²) in [6.07, 6.45) is 5.28. The number of rotatable bonds is 8. The van der Waals surface area contributed by atoms with Gasteiger partial charge in [0.15, 0.2) is 0 Å². The van der Waals surface area contributed by atoms with Gasteiger partial charge in [-0.05, 0) is 82.3 Å². The molecule has 0 saturated carbocycles. The number of pyridine rings is 1. The van der Waals surface area contributed by atoms with Gasteiger partial charge in [-0.3, -0.25) is 9.59 Å². The van der Waals surface area contributed by atoms with E-state index in [9.17, 15) is 9.59 Å². The number of likely N-dealkylation sites (tertiary alicyclic amines) is 1. The molecule has 196 valence electrons. The van der Waals surface area contributed by atoms with Crippen LogP contribution in [-0.2, 0) is 12.8 Å². The van der Waals surface area contributed by atoms with Gasteiger partial charge >= 0.3 is 0 Å². The molecule has 0 radical (unpaired) electrons. The number of benzene rings is 1. The molecule has 0 unspecified atom stereocenters. The van der Waals surface area contributed by atoms with Crippen LogP contribution in [0.5, 0.6) is 0 Å². The third kappa shape index (κ3) is 6.47. The molecule has 1 N–H and O–H groups in total. The van der Waals surface area contributed by atoms with Gasteiger partial charge in [0.05, 0.1) is 17.7 Å². The zero-order chi connectivity index (χ0) is 25.9. The summed E-state index contributed by atoms with van der Waals surface area (Å²) in [5.74, 6) is -0.160. The maximum absolute atomic E-state index is 13.5. The van der Waals surface area contributed by atoms with Gasteiger partial charge in [-0.15, -0.1) is 0 Å². The second-order valence-electron chi connectivity index (χ2n) is 10.8. The number of aryl methyl sites for hydroxylation is 2. The minimum absolute atomic E-state index is 0. The van der Waals surface area contributed by atoms with Gasteiger partial charge < -0.3 is 14.6 Å². The molecule has 0 aliphatic carbocycles. The van der Waals surface area contributed by atoms with Crippen LogP contribution in [0.3, 0.4) is 0 Å². The molecule has 37 heavy (non-hydrogen) atoms. The van der Waals surface area contributed by atoms with Crippen molar-refractivity contribution in [2.24, 2.45) is 5.92 Å². The Hall–Kier alpha value is -3.43. The Bertz CT molecular complexity index is 1290. The number of hydrogen-bond donors (Lipinski definition) is 1. The smallest absolute Gasteiger partial charge is 0.254 e. The van der Waals surface area contributed by atoms with Crippen molar-refractivity contribution in [2.75, 3.05) is 19.6 Å². The predicted molar refractivity (Wildman–Crippen MR) is 149 cm³/mol. The second-order valence-corrected chi connectivity index (χ2v) is 10.8. The predicted octanol–water partition coefficient (Wildman–Crippen LogP) is 5.68. The van der Waals surface area contributed by atoms with E-state index in [1.54, 1.807) is 11.0 Å². The molecule has 1 amide bonds. The third-order valence-electron chi connectivity index (χ3n) is 6.87. The summed E-state index contributed by atoms with van der Waals surface area (Å²) in [4.78, 5) is 28.3. The molecule has 2 aromatic heterocycles. The van der Waals surface area contributed by atoms with Crippen LogP contribution in [0.15, 0.2) is 48.7 Å². The first-order valence-electron chi connectivity index (χ1n) is 12.9. The van der Waals surface area contributed by atoms with E-state index in [1.807, 2.05) is 53.9 Å². The van der Waals surface area contributed by atoms with Crippen LogP contribution in [-0.4, -0.2) is 46.2 Å². The Kier molecular flexibility index (Phi) is 8.94. The standard InChI is InChI=1S/C30H36N4O2.CH4/c1-5-23-17-26-18-25(29(36)33-15-12-22(19-31)20-33)13-16-34(26)27(23)28(35)24-10-8-21(9-11-24)7-6-14-32-30(2,3)4;/h8-11,13,16-18,22,32H,5-7,12,14-15,20H2,1-4H3;1H4/t22-;/m0./s1. The van der Waals surface area contributed by atoms with E-state index < -0.39 is 0 Å². The summed E-state index contributed by atoms with van der Waals surface area (Å²) in [7, 11) is 0. The Balaban J connectivity index is 0.00000380. The molecule has 6 heteroatoms. The van der Waals surface area contributed by atoms with Gasteiger partial charge in [0.1, 0.15) is 0 Å². The molecular formula is C31H40N4O2. The van der Waals surface area contributed by atoms with Gasteiger partial charge in [-0.25, -0.2) is 0 Å². The van der Waals surface area contributed by atoms with Crippen molar-refractivity contribution in [3.8, 4) is 6.07 Å². The largest absolute Gasteiger partial charge is 0.337 e. The first kappa shape index (κ1) is 28.1. The number of aromatic nitrogens is 1. The highest BCUT2D eigenvalue weighted by molar-refractivity contribution is 6.10. The fraction of sp³-hybridized carbons (Fsp3) is 0.452. The molecule has 0 bridgehead atoms. The summed E-state index contributed by atoms with van der Waals surface area (Å²) in [5, 5.41) is 12.7. The summed E-state index contributed by atoms with van der Waals surface area (Å²) >= 11 is 0. The average molecular weight is 501 g/mol. The second kappa shape index (κ2) is 11.7. The molecular weight excluding hydrogens is 460 g/mol. The summed E-state index contributed by atoms with van der Waals surface area (Å²) in [6, 6.07) is 15.8. The molecule has 3 heterocycles. The van der Waals surface area contributed by atoms with Crippen molar-refractivity contribution in [3.63, 3.8) is 0 Å². The number of hydrogen-bond acceptors (Lipinski definition) is 4. The van der Waals surface area contributed by atoms with Crippen LogP contribution in [0.4, 0.5) is 0 Å². The van der Waals surface area contributed by atoms with Crippen LogP contribution in [0.2, 0.25) is 0 Å². The van der Waals surface area contributed by atoms with E-state index in [0.29, 0.717) is 29.9 Å². The molecule has 0 spiro atoms. The Morgan fingerprint density at radius 3 is 2.46 bits per heavy atom. The maximum Gasteiger partial charge on any atom is 0.254 e. The average Bonchev–Trinajstić information content (AvgIpc) is 3.49. The maximum atomic E-state index is 13.5. The lowest BCUT2D eigenvalue weighted by Gasteiger charge is -2.20. The Morgan fingerprint density at radius 2 is 1.84 bits per heavy atom. The van der Waals surface area contributed by atoms with Crippen LogP contribution < -0.4 is 5.32 Å². The molecule has 3 aromatic rings. The third-order valence-corrected chi connectivity index (χ3v) is 6.87. The van der Waals surface area contributed by atoms with E-state index in [0.717, 1.165) is 43.3 Å². The number of carbonyl (C=O) groups is 2. The van der Waals surface area contributed by atoms with Gasteiger partial charge in [0.25, 0.3) is 5.91 Å². The molecule has 1 saturated heterocycles. The van der Waals surface area contributed by atoms with Crippen molar-refractivity contribution in [1.29, 1.82) is 5.26 Å². The summed E-state index contributed by atoms with van der Waals surface area (Å²) in [5.41, 5.74) is 5.05. The van der Waals surface area contributed by atoms with E-state index in [2.05, 4.69) is 32.2 Å². The van der Waals surface area contributed by atoms with E-state index in [1.165, 1.54) is 5.56 Å². The zero-order valence-electron chi connectivity index (χ0n) is 21.8. The summed E-state index contributed by atoms with van der Waals surface area (Å²) in [6.45, 7) is 10.6. The first-order chi connectivity index (χ1) is 17.2. The van der Waals surface area contributed by atoms with Crippen LogP contribution in [0.25, 0.3) is 5.52 Å². The van der Waals surface area contributed by atoms with Crippen molar-refractivity contribution >= 4 is 17.2 Å². The quantitative estimate of drug-likeness (QED) is 0.319. The van der Waals surface area contributed by atoms with Crippen molar-refractivity contribution < 1.29 is 9.59 Å². The molecule has 6 nitrogen and oxygen atoms in total. The fourth-order valence-electron chi connectivity index (χ4n) is 4.84. The monoisotopic (exact) mass is 500 g/mol. The molecule has 1 aliphatic heterocycles. The number of nitriles is 1. The zero-order valence-corrected chi connectivity index (χ0v) is 21.8. The van der Waals surface area contributed by atoms with Gasteiger partial charge in [0.2, 0.25) is 5.78 Å². The first-order valence-corrected chi connectivity index (χ1v) is 12.9. The molecule has 1 atom stereocenters. The lowest BCUT2D eigenvalue weighted by atomic mass is 10.0. The minimum Gasteiger partial charge on any atom is -0.337 e. The van der Waals surface area contributed by atoms with E-state index >= 15 is 0 Å². The van der Waals surface area contributed by atoms with E-state index in [-0.39, 0.29) is 30.6 Å². The molecule has 1 aliphatic rings. The highest BCUT2D eigenvalue weighted by Crippen LogP contribution is 2.24. The van der Waals surface area contributed by atoms with Crippen LogP contribution in [0, 0.1) is 17.2 Å². The number of amides is 1. The summed E-state index contributed by atoms with van der Waals surface area (Å²) < 4.78 is 1.89. The minimum atomic E-state index is -0.0894. The number of nitrogens with zero attached hydrogens (tertiary/aromatic N) is 3. The van der Waals surface area contributed by atoms with Gasteiger partial charge in [-0.1, -0.05) is 38.6 Å². The topological polar surface area (TPSA) is 77.6 Å². The highest BCUT2D eigenvalue weighted by atomic mass is 16.2. The van der Waals surface area contributed by atoms with Crippen molar-refractivity contribution in [1.82, 2.24) is 14.6 Å². The van der Waals surface area contributed by atoms with Crippen molar-refractivity contribution in [3.05, 3.63) is 76.6 Å². The number of nitrogens with one attached hydrogen (secondary N) is 1. The van der Waals surface area contributed by atoms with Crippen LogP contribution >= 0.6 is 0 Å². The fourth-order valence-corrected chi connectivity index (χ4v) is 4.84. The van der Waals surface area contributed by atoms with Crippen LogP contribution in [0.1, 0.15) is 85.5 Å². The lowest BCUT2D eigenvalue weighted by Crippen LogP contribution is -2.36. The van der Waals surface area contributed by atoms with E-state index in [4.69, 9.17) is 5.26 Å². The lowest BCUT2D eigenvalue weighted by molar-refractivity contribution is 0.0789. The molecule has 1 aromatic carbocycles. The normalized spacial score (nSPS) is 15.4. The SMILES string of the molecule is C.CCc1cc2cc(C(=O)N3CC[C@@H](C#N)C3)ccn2c1C(=O)c1ccc(CCCNC(C)(C)C)cc1. The number of ketones is 1. The Morgan fingerprint density at radius 1 is 1.11 bits per heavy atom. The van der Waals surface area contributed by atoms with Gasteiger partial charge in [0, 0.05) is 41.5 Å². The number of carbonyl (C=O) groups excluding carboxylic acids is 2. The highest BCUT2D eigenvalue weighted by Gasteiger charge is 2.27. The van der Waals surface area contributed by atoms with Gasteiger partial charge in [-0.2, -0.15) is 5.26 Å². The molecule has 4 rings (SSSR count). The Labute approximate surface area is 221 Å². The molecule has 1 fully saturated rings.